The van der Waals surface area contributed by atoms with Crippen LogP contribution in [-0.4, -0.2) is 14.4 Å². The molecule has 0 aliphatic carbocycles. The van der Waals surface area contributed by atoms with Gasteiger partial charge in [-0.1, -0.05) is 0 Å². The van der Waals surface area contributed by atoms with E-state index in [4.69, 9.17) is 0 Å². The van der Waals surface area contributed by atoms with Crippen LogP contribution in [0.15, 0.2) is 24.7 Å². The zero-order chi connectivity index (χ0) is 7.68. The van der Waals surface area contributed by atoms with Gasteiger partial charge in [0.1, 0.15) is 6.67 Å². The maximum Gasteiger partial charge on any atom is 0.234 e. The molecule has 0 saturated heterocycles. The maximum absolute atomic E-state index is 12.1. The molecule has 0 saturated carbocycles. The molecule has 0 radical (unpaired) electrons. The largest absolute Gasteiger partial charge is 0.291 e. The van der Waals surface area contributed by atoms with Gasteiger partial charge in [0.05, 0.1) is 5.69 Å². The molecule has 2 aromatic rings. The van der Waals surface area contributed by atoms with Gasteiger partial charge >= 0.3 is 0 Å². The third kappa shape index (κ3) is 0.960. The van der Waals surface area contributed by atoms with Crippen LogP contribution in [0.1, 0.15) is 5.69 Å². The van der Waals surface area contributed by atoms with Gasteiger partial charge in [0.15, 0.2) is 0 Å². The smallest absolute Gasteiger partial charge is 0.234 e. The van der Waals surface area contributed by atoms with Crippen LogP contribution >= 0.6 is 0 Å². The van der Waals surface area contributed by atoms with Crippen molar-refractivity contribution in [2.24, 2.45) is 0 Å². The molecule has 0 fully saturated rings. The Balaban J connectivity index is 2.69. The predicted octanol–water partition coefficient (Wildman–Crippen LogP) is 1.20. The van der Waals surface area contributed by atoms with Crippen molar-refractivity contribution in [3.05, 3.63) is 30.4 Å². The topological polar surface area (TPSA) is 30.2 Å². The summed E-state index contributed by atoms with van der Waals surface area (Å²) in [5, 5.41) is 0. The molecule has 0 unspecified atom stereocenters. The van der Waals surface area contributed by atoms with E-state index in [-0.39, 0.29) is 0 Å². The number of aromatic nitrogens is 3. The van der Waals surface area contributed by atoms with Gasteiger partial charge in [-0.25, -0.2) is 14.4 Å². The van der Waals surface area contributed by atoms with Crippen LogP contribution in [0.25, 0.3) is 5.78 Å². The third-order valence-corrected chi connectivity index (χ3v) is 1.42. The highest BCUT2D eigenvalue weighted by atomic mass is 19.1. The van der Waals surface area contributed by atoms with E-state index in [0.717, 1.165) is 0 Å². The molecule has 4 heteroatoms. The highest BCUT2D eigenvalue weighted by Gasteiger charge is 1.98. The van der Waals surface area contributed by atoms with E-state index < -0.39 is 6.67 Å². The summed E-state index contributed by atoms with van der Waals surface area (Å²) in [7, 11) is 0. The lowest BCUT2D eigenvalue weighted by Crippen LogP contribution is -1.82. The average Bonchev–Trinajstić information content (AvgIpc) is 2.46. The van der Waals surface area contributed by atoms with E-state index in [1.165, 1.54) is 0 Å². The molecule has 0 bridgehead atoms. The first-order valence-corrected chi connectivity index (χ1v) is 3.25. The maximum atomic E-state index is 12.1. The van der Waals surface area contributed by atoms with Crippen molar-refractivity contribution in [2.45, 2.75) is 6.67 Å². The van der Waals surface area contributed by atoms with E-state index in [1.54, 1.807) is 29.1 Å². The fraction of sp³-hybridized carbons (Fsp3) is 0.143. The number of imidazole rings is 1. The van der Waals surface area contributed by atoms with Crippen LogP contribution in [0, 0.1) is 0 Å². The summed E-state index contributed by atoms with van der Waals surface area (Å²) in [6.45, 7) is -0.538. The molecular formula is C7H6FN3. The van der Waals surface area contributed by atoms with Gasteiger partial charge < -0.3 is 0 Å². The molecule has 2 heterocycles. The Morgan fingerprint density at radius 2 is 2.45 bits per heavy atom. The first kappa shape index (κ1) is 6.27. The fourth-order valence-corrected chi connectivity index (χ4v) is 0.944. The lowest BCUT2D eigenvalue weighted by Gasteiger charge is -1.85. The molecule has 0 spiro atoms. The van der Waals surface area contributed by atoms with Crippen molar-refractivity contribution in [2.75, 3.05) is 0 Å². The summed E-state index contributed by atoms with van der Waals surface area (Å²) in [6, 6.07) is 1.77. The summed E-state index contributed by atoms with van der Waals surface area (Å²) < 4.78 is 13.7. The number of rotatable bonds is 1. The first-order chi connectivity index (χ1) is 5.40. The number of hydrogen-bond donors (Lipinski definition) is 0. The average molecular weight is 151 g/mol. The monoisotopic (exact) mass is 151 g/mol. The number of halogens is 1. The first-order valence-electron chi connectivity index (χ1n) is 3.25. The van der Waals surface area contributed by atoms with Gasteiger partial charge in [-0.15, -0.1) is 0 Å². The second-order valence-corrected chi connectivity index (χ2v) is 2.19. The van der Waals surface area contributed by atoms with Crippen LogP contribution in [0.4, 0.5) is 4.39 Å². The van der Waals surface area contributed by atoms with E-state index in [9.17, 15) is 4.39 Å². The second-order valence-electron chi connectivity index (χ2n) is 2.19. The van der Waals surface area contributed by atoms with Crippen molar-refractivity contribution < 1.29 is 4.39 Å². The second kappa shape index (κ2) is 2.30. The summed E-state index contributed by atoms with van der Waals surface area (Å²) in [4.78, 5) is 7.84. The van der Waals surface area contributed by atoms with Crippen LogP contribution in [-0.2, 0) is 6.67 Å². The lowest BCUT2D eigenvalue weighted by molar-refractivity contribution is 0.477. The number of alkyl halides is 1. The van der Waals surface area contributed by atoms with Gasteiger partial charge in [-0.2, -0.15) is 0 Å². The van der Waals surface area contributed by atoms with Crippen molar-refractivity contribution in [1.82, 2.24) is 14.4 Å². The van der Waals surface area contributed by atoms with E-state index >= 15 is 0 Å². The molecule has 11 heavy (non-hydrogen) atoms. The van der Waals surface area contributed by atoms with Crippen LogP contribution in [0.3, 0.4) is 0 Å². The Labute approximate surface area is 62.5 Å². The molecule has 0 N–H and O–H groups in total. The van der Waals surface area contributed by atoms with Crippen molar-refractivity contribution in [3.8, 4) is 0 Å². The summed E-state index contributed by atoms with van der Waals surface area (Å²) in [5.74, 6) is 0.542. The van der Waals surface area contributed by atoms with E-state index in [0.29, 0.717) is 11.5 Å². The minimum absolute atomic E-state index is 0.420. The third-order valence-electron chi connectivity index (χ3n) is 1.42. The van der Waals surface area contributed by atoms with Gasteiger partial charge in [-0.3, -0.25) is 4.40 Å². The van der Waals surface area contributed by atoms with Crippen LogP contribution < -0.4 is 0 Å². The molecule has 3 nitrogen and oxygen atoms in total. The Hall–Kier alpha value is -1.45. The van der Waals surface area contributed by atoms with E-state index in [1.807, 2.05) is 0 Å². The molecule has 56 valence electrons. The van der Waals surface area contributed by atoms with E-state index in [2.05, 4.69) is 9.97 Å². The van der Waals surface area contributed by atoms with Crippen LogP contribution in [0.2, 0.25) is 0 Å². The van der Waals surface area contributed by atoms with Gasteiger partial charge in [0, 0.05) is 18.6 Å². The zero-order valence-corrected chi connectivity index (χ0v) is 5.74. The Morgan fingerprint density at radius 3 is 3.18 bits per heavy atom. The highest BCUT2D eigenvalue weighted by Crippen LogP contribution is 2.01. The molecule has 0 aliphatic rings. The molecule has 0 aromatic carbocycles. The standard InChI is InChI=1S/C7H6FN3/c8-4-6-5-11-3-1-2-9-7(11)10-6/h1-3,5H,4H2. The number of nitrogens with zero attached hydrogens (tertiary/aromatic N) is 3. The Kier molecular flexibility index (Phi) is 1.31. The summed E-state index contributed by atoms with van der Waals surface area (Å²) in [6.07, 6.45) is 5.04. The quantitative estimate of drug-likeness (QED) is 0.613. The molecule has 2 rings (SSSR count). The summed E-state index contributed by atoms with van der Waals surface area (Å²) >= 11 is 0. The van der Waals surface area contributed by atoms with Crippen molar-refractivity contribution >= 4 is 5.78 Å². The van der Waals surface area contributed by atoms with Gasteiger partial charge in [0.25, 0.3) is 0 Å². The Bertz CT molecular complexity index is 335. The molecule has 0 aliphatic heterocycles. The summed E-state index contributed by atoms with van der Waals surface area (Å²) in [5.41, 5.74) is 0.420. The SMILES string of the molecule is FCc1cn2cccnc2n1. The van der Waals surface area contributed by atoms with Crippen molar-refractivity contribution in [3.63, 3.8) is 0 Å². The number of fused-ring (bicyclic) bond motifs is 1. The molecule has 0 amide bonds. The van der Waals surface area contributed by atoms with Crippen molar-refractivity contribution in [1.29, 1.82) is 0 Å². The van der Waals surface area contributed by atoms with Gasteiger partial charge in [0.2, 0.25) is 5.78 Å². The zero-order valence-electron chi connectivity index (χ0n) is 5.74. The number of hydrogen-bond acceptors (Lipinski definition) is 2. The highest BCUT2D eigenvalue weighted by molar-refractivity contribution is 5.29. The fourth-order valence-electron chi connectivity index (χ4n) is 0.944. The minimum Gasteiger partial charge on any atom is -0.291 e. The predicted molar refractivity (Wildman–Crippen MR) is 37.8 cm³/mol. The minimum atomic E-state index is -0.538. The molecule has 0 atom stereocenters. The van der Waals surface area contributed by atoms with Gasteiger partial charge in [-0.05, 0) is 6.07 Å². The lowest BCUT2D eigenvalue weighted by atomic mass is 10.5. The molecular weight excluding hydrogens is 145 g/mol. The van der Waals surface area contributed by atoms with Crippen LogP contribution in [0.5, 0.6) is 0 Å². The Morgan fingerprint density at radius 1 is 1.55 bits per heavy atom. The normalized spacial score (nSPS) is 10.6. The molecule has 2 aromatic heterocycles.